The van der Waals surface area contributed by atoms with E-state index >= 15 is 0 Å². The van der Waals surface area contributed by atoms with E-state index in [-0.39, 0.29) is 0 Å². The van der Waals surface area contributed by atoms with Gasteiger partial charge in [0.1, 0.15) is 0 Å². The molecule has 1 aromatic heterocycles. The number of pyridine rings is 1. The fourth-order valence-corrected chi connectivity index (χ4v) is 1.63. The summed E-state index contributed by atoms with van der Waals surface area (Å²) in [4.78, 5) is 4.09. The summed E-state index contributed by atoms with van der Waals surface area (Å²) in [5.41, 5.74) is 10.2. The van der Waals surface area contributed by atoms with Gasteiger partial charge in [-0.3, -0.25) is 4.98 Å². The van der Waals surface area contributed by atoms with Crippen LogP contribution in [0.15, 0.2) is 42.7 Å². The Bertz CT molecular complexity index is 449. The minimum absolute atomic E-state index is 0.860. The highest BCUT2D eigenvalue weighted by atomic mass is 14.6. The molecule has 0 radical (unpaired) electrons. The summed E-state index contributed by atoms with van der Waals surface area (Å²) in [6.45, 7) is 2.11. The smallest absolute Gasteiger partial charge is 0.0352 e. The number of aromatic nitrogens is 1. The molecule has 2 nitrogen and oxygen atoms in total. The molecule has 0 atom stereocenters. The maximum atomic E-state index is 5.95. The van der Waals surface area contributed by atoms with Gasteiger partial charge in [-0.15, -0.1) is 0 Å². The number of nitrogen functional groups attached to an aromatic ring is 1. The maximum Gasteiger partial charge on any atom is 0.0352 e. The summed E-state index contributed by atoms with van der Waals surface area (Å²) in [7, 11) is 0. The van der Waals surface area contributed by atoms with Crippen LogP contribution in [0.3, 0.4) is 0 Å². The van der Waals surface area contributed by atoms with Crippen LogP contribution in [0.25, 0.3) is 11.1 Å². The summed E-state index contributed by atoms with van der Waals surface area (Å²) in [5.74, 6) is 0. The zero-order valence-corrected chi connectivity index (χ0v) is 8.77. The Morgan fingerprint density at radius 3 is 2.67 bits per heavy atom. The molecule has 1 heterocycles. The Balaban J connectivity index is 2.43. The van der Waals surface area contributed by atoms with Crippen LogP contribution < -0.4 is 5.73 Å². The number of benzene rings is 1. The number of nitrogens with zero attached hydrogens (tertiary/aromatic N) is 1. The molecule has 2 rings (SSSR count). The van der Waals surface area contributed by atoms with Gasteiger partial charge in [0.25, 0.3) is 0 Å². The molecule has 76 valence electrons. The molecule has 0 aliphatic rings. The van der Waals surface area contributed by atoms with Crippen molar-refractivity contribution in [2.45, 2.75) is 13.3 Å². The highest BCUT2D eigenvalue weighted by molar-refractivity contribution is 5.68. The molecule has 0 amide bonds. The van der Waals surface area contributed by atoms with Gasteiger partial charge >= 0.3 is 0 Å². The van der Waals surface area contributed by atoms with Gasteiger partial charge in [0.05, 0.1) is 0 Å². The van der Waals surface area contributed by atoms with Crippen molar-refractivity contribution in [2.75, 3.05) is 5.73 Å². The van der Waals surface area contributed by atoms with Crippen molar-refractivity contribution in [1.82, 2.24) is 4.98 Å². The van der Waals surface area contributed by atoms with E-state index in [4.69, 9.17) is 5.73 Å². The standard InChI is InChI=1S/C13H14N2/c1-2-10-5-6-11(8-13(10)14)12-4-3-7-15-9-12/h3-9H,2,14H2,1H3. The van der Waals surface area contributed by atoms with Crippen LogP contribution in [-0.2, 0) is 6.42 Å². The first kappa shape index (κ1) is 9.71. The van der Waals surface area contributed by atoms with Crippen LogP contribution >= 0.6 is 0 Å². The van der Waals surface area contributed by atoms with Crippen LogP contribution in [0, 0.1) is 0 Å². The van der Waals surface area contributed by atoms with Crippen LogP contribution in [-0.4, -0.2) is 4.98 Å². The minimum Gasteiger partial charge on any atom is -0.398 e. The van der Waals surface area contributed by atoms with Gasteiger partial charge in [-0.05, 0) is 29.7 Å². The van der Waals surface area contributed by atoms with E-state index in [0.29, 0.717) is 0 Å². The third-order valence-corrected chi connectivity index (χ3v) is 2.52. The van der Waals surface area contributed by atoms with Gasteiger partial charge in [-0.2, -0.15) is 0 Å². The highest BCUT2D eigenvalue weighted by Crippen LogP contribution is 2.23. The fourth-order valence-electron chi connectivity index (χ4n) is 1.63. The average molecular weight is 198 g/mol. The number of rotatable bonds is 2. The second-order valence-electron chi connectivity index (χ2n) is 3.51. The van der Waals surface area contributed by atoms with Crippen molar-refractivity contribution < 1.29 is 0 Å². The predicted molar refractivity (Wildman–Crippen MR) is 63.5 cm³/mol. The molecule has 15 heavy (non-hydrogen) atoms. The van der Waals surface area contributed by atoms with Crippen LogP contribution in [0.4, 0.5) is 5.69 Å². The Morgan fingerprint density at radius 2 is 2.07 bits per heavy atom. The summed E-state index contributed by atoms with van der Waals surface area (Å²) >= 11 is 0. The van der Waals surface area contributed by atoms with Gasteiger partial charge in [0.2, 0.25) is 0 Å². The van der Waals surface area contributed by atoms with E-state index in [1.807, 2.05) is 24.4 Å². The normalized spacial score (nSPS) is 10.2. The number of hydrogen-bond acceptors (Lipinski definition) is 2. The molecule has 2 aromatic rings. The molecule has 0 saturated heterocycles. The van der Waals surface area contributed by atoms with Crippen molar-refractivity contribution in [3.63, 3.8) is 0 Å². The van der Waals surface area contributed by atoms with E-state index in [1.54, 1.807) is 6.20 Å². The van der Waals surface area contributed by atoms with Crippen molar-refractivity contribution >= 4 is 5.69 Å². The zero-order chi connectivity index (χ0) is 10.7. The van der Waals surface area contributed by atoms with Crippen molar-refractivity contribution in [1.29, 1.82) is 0 Å². The van der Waals surface area contributed by atoms with Gasteiger partial charge < -0.3 is 5.73 Å². The van der Waals surface area contributed by atoms with Crippen molar-refractivity contribution in [3.05, 3.63) is 48.3 Å². The molecule has 2 N–H and O–H groups in total. The molecule has 2 heteroatoms. The number of anilines is 1. The second-order valence-corrected chi connectivity index (χ2v) is 3.51. The van der Waals surface area contributed by atoms with E-state index < -0.39 is 0 Å². The average Bonchev–Trinajstić information content (AvgIpc) is 2.30. The zero-order valence-electron chi connectivity index (χ0n) is 8.77. The van der Waals surface area contributed by atoms with Gasteiger partial charge in [-0.1, -0.05) is 25.1 Å². The van der Waals surface area contributed by atoms with E-state index in [0.717, 1.165) is 23.2 Å². The van der Waals surface area contributed by atoms with Crippen LogP contribution in [0.5, 0.6) is 0 Å². The van der Waals surface area contributed by atoms with E-state index in [9.17, 15) is 0 Å². The summed E-state index contributed by atoms with van der Waals surface area (Å²) in [6.07, 6.45) is 4.59. The third-order valence-electron chi connectivity index (χ3n) is 2.52. The summed E-state index contributed by atoms with van der Waals surface area (Å²) < 4.78 is 0. The largest absolute Gasteiger partial charge is 0.398 e. The van der Waals surface area contributed by atoms with Crippen molar-refractivity contribution in [2.24, 2.45) is 0 Å². The molecular weight excluding hydrogens is 184 g/mol. The maximum absolute atomic E-state index is 5.95. The van der Waals surface area contributed by atoms with Gasteiger partial charge in [0, 0.05) is 23.6 Å². The quantitative estimate of drug-likeness (QED) is 0.753. The Kier molecular flexibility index (Phi) is 2.68. The lowest BCUT2D eigenvalue weighted by Gasteiger charge is -2.06. The van der Waals surface area contributed by atoms with Gasteiger partial charge in [-0.25, -0.2) is 0 Å². The molecule has 0 unspecified atom stereocenters. The lowest BCUT2D eigenvalue weighted by molar-refractivity contribution is 1.14. The fraction of sp³-hybridized carbons (Fsp3) is 0.154. The van der Waals surface area contributed by atoms with E-state index in [1.165, 1.54) is 5.56 Å². The Morgan fingerprint density at radius 1 is 1.20 bits per heavy atom. The molecule has 0 fully saturated rings. The topological polar surface area (TPSA) is 38.9 Å². The first-order chi connectivity index (χ1) is 7.31. The summed E-state index contributed by atoms with van der Waals surface area (Å²) in [5, 5.41) is 0. The molecule has 1 aromatic carbocycles. The van der Waals surface area contributed by atoms with Crippen molar-refractivity contribution in [3.8, 4) is 11.1 Å². The predicted octanol–water partition coefficient (Wildman–Crippen LogP) is 2.89. The molecule has 0 aliphatic carbocycles. The first-order valence-corrected chi connectivity index (χ1v) is 5.10. The minimum atomic E-state index is 0.860. The lowest BCUT2D eigenvalue weighted by atomic mass is 10.0. The first-order valence-electron chi connectivity index (χ1n) is 5.10. The monoisotopic (exact) mass is 198 g/mol. The summed E-state index contributed by atoms with van der Waals surface area (Å²) in [6, 6.07) is 10.1. The second kappa shape index (κ2) is 4.13. The third kappa shape index (κ3) is 1.99. The lowest BCUT2D eigenvalue weighted by Crippen LogP contribution is -1.93. The number of nitrogens with two attached hydrogens (primary N) is 1. The van der Waals surface area contributed by atoms with Gasteiger partial charge in [0.15, 0.2) is 0 Å². The Labute approximate surface area is 89.8 Å². The number of hydrogen-bond donors (Lipinski definition) is 1. The molecule has 0 bridgehead atoms. The molecular formula is C13H14N2. The van der Waals surface area contributed by atoms with Crippen LogP contribution in [0.2, 0.25) is 0 Å². The SMILES string of the molecule is CCc1ccc(-c2cccnc2)cc1N. The van der Waals surface area contributed by atoms with Crippen LogP contribution in [0.1, 0.15) is 12.5 Å². The molecule has 0 aliphatic heterocycles. The molecule has 0 spiro atoms. The van der Waals surface area contributed by atoms with E-state index in [2.05, 4.69) is 24.0 Å². The Hall–Kier alpha value is -1.83. The number of aryl methyl sites for hydroxylation is 1. The molecule has 0 saturated carbocycles. The highest BCUT2D eigenvalue weighted by Gasteiger charge is 2.00.